The molecule has 1 saturated heterocycles. The second kappa shape index (κ2) is 6.22. The number of hydrogen-bond donors (Lipinski definition) is 1. The molecule has 0 amide bonds. The smallest absolute Gasteiger partial charge is 0.252 e. The van der Waals surface area contributed by atoms with Gasteiger partial charge in [0.25, 0.3) is 10.0 Å². The summed E-state index contributed by atoms with van der Waals surface area (Å²) in [4.78, 5) is 0. The normalized spacial score (nSPS) is 18.1. The topological polar surface area (TPSA) is 49.4 Å². The molecule has 0 saturated carbocycles. The average Bonchev–Trinajstić information content (AvgIpc) is 2.72. The first-order valence-corrected chi connectivity index (χ1v) is 9.50. The summed E-state index contributed by atoms with van der Waals surface area (Å²) < 4.78 is 28.4. The van der Waals surface area contributed by atoms with Gasteiger partial charge < -0.3 is 5.32 Å². The minimum absolute atomic E-state index is 0.123. The third-order valence-corrected chi connectivity index (χ3v) is 8.04. The highest BCUT2D eigenvalue weighted by Crippen LogP contribution is 2.33. The van der Waals surface area contributed by atoms with E-state index in [1.807, 2.05) is 13.8 Å². The monoisotopic (exact) mass is 366 g/mol. The standard InChI is InChI=1S/C12H19BrN2O2S2/c1-3-15(10-4-6-14-7-5-10)19(16,17)11-8-9(2)12(13)18-11/h8,10,14H,3-7H2,1-2H3. The molecule has 2 rings (SSSR count). The number of nitrogens with zero attached hydrogens (tertiary/aromatic N) is 1. The molecule has 7 heteroatoms. The Bertz CT molecular complexity index is 516. The lowest BCUT2D eigenvalue weighted by atomic mass is 10.1. The zero-order valence-corrected chi connectivity index (χ0v) is 14.4. The van der Waals surface area contributed by atoms with E-state index in [0.29, 0.717) is 10.8 Å². The van der Waals surface area contributed by atoms with E-state index in [9.17, 15) is 8.42 Å². The van der Waals surface area contributed by atoms with Gasteiger partial charge in [0, 0.05) is 12.6 Å². The number of aryl methyl sites for hydroxylation is 1. The van der Waals surface area contributed by atoms with Crippen LogP contribution in [0.5, 0.6) is 0 Å². The van der Waals surface area contributed by atoms with Crippen LogP contribution in [0.2, 0.25) is 0 Å². The molecule has 0 aromatic carbocycles. The summed E-state index contributed by atoms with van der Waals surface area (Å²) in [6.07, 6.45) is 1.77. The molecule has 108 valence electrons. The van der Waals surface area contributed by atoms with Crippen LogP contribution in [-0.4, -0.2) is 38.4 Å². The van der Waals surface area contributed by atoms with Gasteiger partial charge in [0.1, 0.15) is 4.21 Å². The maximum absolute atomic E-state index is 12.7. The fraction of sp³-hybridized carbons (Fsp3) is 0.667. The lowest BCUT2D eigenvalue weighted by molar-refractivity contribution is 0.271. The fourth-order valence-corrected chi connectivity index (χ4v) is 6.44. The van der Waals surface area contributed by atoms with Crippen LogP contribution in [0, 0.1) is 6.92 Å². The van der Waals surface area contributed by atoms with Crippen molar-refractivity contribution in [1.29, 1.82) is 0 Å². The summed E-state index contributed by atoms with van der Waals surface area (Å²) in [6, 6.07) is 1.88. The summed E-state index contributed by atoms with van der Waals surface area (Å²) in [7, 11) is -3.36. The van der Waals surface area contributed by atoms with Gasteiger partial charge in [-0.15, -0.1) is 11.3 Å². The van der Waals surface area contributed by atoms with E-state index in [1.165, 1.54) is 11.3 Å². The summed E-state index contributed by atoms with van der Waals surface area (Å²) in [6.45, 7) is 6.14. The lowest BCUT2D eigenvalue weighted by Gasteiger charge is -2.32. The maximum atomic E-state index is 12.7. The number of sulfonamides is 1. The molecule has 19 heavy (non-hydrogen) atoms. The van der Waals surface area contributed by atoms with E-state index in [2.05, 4.69) is 21.2 Å². The lowest BCUT2D eigenvalue weighted by Crippen LogP contribution is -2.45. The number of halogens is 1. The summed E-state index contributed by atoms with van der Waals surface area (Å²) >= 11 is 4.70. The van der Waals surface area contributed by atoms with E-state index in [0.717, 1.165) is 35.3 Å². The predicted octanol–water partition coefficient (Wildman–Crippen LogP) is 2.58. The van der Waals surface area contributed by atoms with E-state index in [4.69, 9.17) is 0 Å². The Hall–Kier alpha value is 0.0500. The van der Waals surface area contributed by atoms with E-state index in [-0.39, 0.29) is 6.04 Å². The minimum Gasteiger partial charge on any atom is -0.317 e. The molecule has 2 heterocycles. The van der Waals surface area contributed by atoms with Gasteiger partial charge in [0.15, 0.2) is 0 Å². The molecular weight excluding hydrogens is 348 g/mol. The molecule has 1 aliphatic heterocycles. The number of thiophene rings is 1. The van der Waals surface area contributed by atoms with Crippen LogP contribution in [0.3, 0.4) is 0 Å². The van der Waals surface area contributed by atoms with Crippen LogP contribution in [0.25, 0.3) is 0 Å². The molecule has 0 spiro atoms. The molecule has 1 N–H and O–H groups in total. The van der Waals surface area contributed by atoms with Crippen molar-refractivity contribution in [1.82, 2.24) is 9.62 Å². The van der Waals surface area contributed by atoms with Crippen LogP contribution in [-0.2, 0) is 10.0 Å². The molecule has 1 fully saturated rings. The van der Waals surface area contributed by atoms with Crippen molar-refractivity contribution in [3.63, 3.8) is 0 Å². The average molecular weight is 367 g/mol. The SMILES string of the molecule is CCN(C1CCNCC1)S(=O)(=O)c1cc(C)c(Br)s1. The zero-order valence-electron chi connectivity index (χ0n) is 11.1. The summed E-state index contributed by atoms with van der Waals surface area (Å²) in [5, 5.41) is 3.27. The van der Waals surface area contributed by atoms with Crippen molar-refractivity contribution < 1.29 is 8.42 Å². The molecule has 4 nitrogen and oxygen atoms in total. The first-order valence-electron chi connectivity index (χ1n) is 6.45. The van der Waals surface area contributed by atoms with E-state index in [1.54, 1.807) is 10.4 Å². The molecular formula is C12H19BrN2O2S2. The van der Waals surface area contributed by atoms with Gasteiger partial charge in [0.2, 0.25) is 0 Å². The Kier molecular flexibility index (Phi) is 5.05. The van der Waals surface area contributed by atoms with Gasteiger partial charge in [-0.1, -0.05) is 6.92 Å². The maximum Gasteiger partial charge on any atom is 0.252 e. The highest BCUT2D eigenvalue weighted by molar-refractivity contribution is 9.11. The highest BCUT2D eigenvalue weighted by Gasteiger charge is 2.32. The summed E-state index contributed by atoms with van der Waals surface area (Å²) in [5.41, 5.74) is 0.977. The van der Waals surface area contributed by atoms with E-state index < -0.39 is 10.0 Å². The second-order valence-electron chi connectivity index (χ2n) is 4.71. The molecule has 0 unspecified atom stereocenters. The second-order valence-corrected chi connectivity index (χ2v) is 9.20. The molecule has 1 aromatic heterocycles. The molecule has 1 aliphatic rings. The Morgan fingerprint density at radius 1 is 1.47 bits per heavy atom. The van der Waals surface area contributed by atoms with Crippen LogP contribution in [0.15, 0.2) is 14.1 Å². The third kappa shape index (κ3) is 3.21. The Balaban J connectivity index is 2.29. The van der Waals surface area contributed by atoms with Gasteiger partial charge in [-0.25, -0.2) is 8.42 Å². The minimum atomic E-state index is -3.36. The van der Waals surface area contributed by atoms with Crippen LogP contribution >= 0.6 is 27.3 Å². The Morgan fingerprint density at radius 3 is 2.58 bits per heavy atom. The van der Waals surface area contributed by atoms with Gasteiger partial charge in [-0.2, -0.15) is 4.31 Å². The van der Waals surface area contributed by atoms with Crippen molar-refractivity contribution in [3.05, 3.63) is 15.4 Å². The first-order chi connectivity index (χ1) is 8.96. The fourth-order valence-electron chi connectivity index (χ4n) is 2.39. The molecule has 0 bridgehead atoms. The van der Waals surface area contributed by atoms with Crippen LogP contribution < -0.4 is 5.32 Å². The molecule has 1 aromatic rings. The van der Waals surface area contributed by atoms with Crippen molar-refractivity contribution in [3.8, 4) is 0 Å². The van der Waals surface area contributed by atoms with Gasteiger partial charge in [0.05, 0.1) is 3.79 Å². The quantitative estimate of drug-likeness (QED) is 0.890. The van der Waals surface area contributed by atoms with Crippen LogP contribution in [0.1, 0.15) is 25.3 Å². The van der Waals surface area contributed by atoms with Gasteiger partial charge in [-0.05, 0) is 60.4 Å². The predicted molar refractivity (Wildman–Crippen MR) is 82.2 cm³/mol. The highest BCUT2D eigenvalue weighted by atomic mass is 79.9. The number of nitrogens with one attached hydrogen (secondary N) is 1. The largest absolute Gasteiger partial charge is 0.317 e. The molecule has 0 radical (unpaired) electrons. The van der Waals surface area contributed by atoms with Gasteiger partial charge >= 0.3 is 0 Å². The van der Waals surface area contributed by atoms with Gasteiger partial charge in [-0.3, -0.25) is 0 Å². The van der Waals surface area contributed by atoms with Crippen molar-refractivity contribution in [2.75, 3.05) is 19.6 Å². The molecule has 0 atom stereocenters. The van der Waals surface area contributed by atoms with Crippen molar-refractivity contribution in [2.45, 2.75) is 36.9 Å². The summed E-state index contributed by atoms with van der Waals surface area (Å²) in [5.74, 6) is 0. The number of rotatable bonds is 4. The third-order valence-electron chi connectivity index (χ3n) is 3.43. The zero-order chi connectivity index (χ0) is 14.0. The van der Waals surface area contributed by atoms with Crippen molar-refractivity contribution >= 4 is 37.3 Å². The Labute approximate surface area is 127 Å². The molecule has 0 aliphatic carbocycles. The number of hydrogen-bond acceptors (Lipinski definition) is 4. The first kappa shape index (κ1) is 15.4. The van der Waals surface area contributed by atoms with E-state index >= 15 is 0 Å². The number of piperidine rings is 1. The van der Waals surface area contributed by atoms with Crippen molar-refractivity contribution in [2.24, 2.45) is 0 Å². The Morgan fingerprint density at radius 2 is 2.11 bits per heavy atom. The van der Waals surface area contributed by atoms with Crippen LogP contribution in [0.4, 0.5) is 0 Å².